The second kappa shape index (κ2) is 20.5. The molecule has 10 nitrogen and oxygen atoms in total. The van der Waals surface area contributed by atoms with Crippen molar-refractivity contribution in [1.82, 2.24) is 0 Å². The Morgan fingerprint density at radius 3 is 1.83 bits per heavy atom. The van der Waals surface area contributed by atoms with Gasteiger partial charge >= 0.3 is 17.9 Å². The lowest BCUT2D eigenvalue weighted by Crippen LogP contribution is -2.21. The number of esters is 3. The van der Waals surface area contributed by atoms with E-state index in [0.717, 1.165) is 17.2 Å². The molecule has 5 rings (SSSR count). The summed E-state index contributed by atoms with van der Waals surface area (Å²) >= 11 is 0. The van der Waals surface area contributed by atoms with Gasteiger partial charge in [-0.15, -0.1) is 0 Å². The molecule has 0 radical (unpaired) electrons. The van der Waals surface area contributed by atoms with Crippen LogP contribution >= 0.6 is 0 Å². The van der Waals surface area contributed by atoms with Crippen molar-refractivity contribution in [2.75, 3.05) is 26.9 Å². The summed E-state index contributed by atoms with van der Waals surface area (Å²) in [4.78, 5) is 49.0. The highest BCUT2D eigenvalue weighted by Gasteiger charge is 2.31. The molecule has 54 heavy (non-hydrogen) atoms. The van der Waals surface area contributed by atoms with E-state index < -0.39 is 30.1 Å². The van der Waals surface area contributed by atoms with Gasteiger partial charge in [-0.05, 0) is 77.4 Å². The summed E-state index contributed by atoms with van der Waals surface area (Å²) < 4.78 is 27.4. The second-order valence-electron chi connectivity index (χ2n) is 11.6. The van der Waals surface area contributed by atoms with Gasteiger partial charge < -0.3 is 23.7 Å². The van der Waals surface area contributed by atoms with Gasteiger partial charge in [-0.1, -0.05) is 91.5 Å². The zero-order chi connectivity index (χ0) is 38.0. The van der Waals surface area contributed by atoms with Crippen LogP contribution < -0.4 is 14.2 Å². The molecule has 0 aliphatic carbocycles. The average Bonchev–Trinajstić information content (AvgIpc) is 3.22. The minimum absolute atomic E-state index is 0.108. The highest BCUT2D eigenvalue weighted by molar-refractivity contribution is 5.92. The Labute approximate surface area is 314 Å². The maximum atomic E-state index is 13.6. The van der Waals surface area contributed by atoms with Crippen molar-refractivity contribution in [3.05, 3.63) is 180 Å². The first kappa shape index (κ1) is 38.7. The number of carbonyl (C=O) groups is 3. The minimum atomic E-state index is -0.890. The Balaban J connectivity index is 1.20. The molecule has 0 aromatic heterocycles. The molecule has 0 saturated carbocycles. The molecule has 0 saturated heterocycles. The van der Waals surface area contributed by atoms with Crippen molar-refractivity contribution in [3.63, 3.8) is 0 Å². The van der Waals surface area contributed by atoms with Crippen molar-refractivity contribution >= 4 is 24.0 Å². The smallest absolute Gasteiger partial charge is 0.343 e. The Bertz CT molecular complexity index is 1960. The van der Waals surface area contributed by atoms with E-state index in [0.29, 0.717) is 35.7 Å². The summed E-state index contributed by atoms with van der Waals surface area (Å²) in [6.45, 7) is 4.14. The first-order chi connectivity index (χ1) is 26.4. The van der Waals surface area contributed by atoms with E-state index >= 15 is 0 Å². The van der Waals surface area contributed by atoms with Crippen molar-refractivity contribution in [2.45, 2.75) is 18.6 Å². The first-order valence-electron chi connectivity index (χ1n) is 17.2. The maximum Gasteiger partial charge on any atom is 0.343 e. The fourth-order valence-electron chi connectivity index (χ4n) is 5.10. The largest absolute Gasteiger partial charge is 0.497 e. The molecular weight excluding hydrogens is 688 g/mol. The third-order valence-electron chi connectivity index (χ3n) is 7.89. The molecule has 276 valence electrons. The van der Waals surface area contributed by atoms with E-state index in [1.54, 1.807) is 37.5 Å². The summed E-state index contributed by atoms with van der Waals surface area (Å²) in [7, 11) is 1.55. The van der Waals surface area contributed by atoms with E-state index in [-0.39, 0.29) is 24.5 Å². The van der Waals surface area contributed by atoms with E-state index in [9.17, 15) is 14.4 Å². The summed E-state index contributed by atoms with van der Waals surface area (Å²) in [6.07, 6.45) is 3.66. The van der Waals surface area contributed by atoms with Crippen molar-refractivity contribution in [2.24, 2.45) is 0 Å². The lowest BCUT2D eigenvalue weighted by atomic mass is 9.98. The zero-order valence-electron chi connectivity index (χ0n) is 29.7. The van der Waals surface area contributed by atoms with Gasteiger partial charge in [0.15, 0.2) is 12.2 Å². The third kappa shape index (κ3) is 11.8. The topological polar surface area (TPSA) is 116 Å². The van der Waals surface area contributed by atoms with E-state index in [4.69, 9.17) is 33.5 Å². The molecule has 10 heteroatoms. The monoisotopic (exact) mass is 728 g/mol. The molecule has 0 N–H and O–H groups in total. The summed E-state index contributed by atoms with van der Waals surface area (Å²) in [5.74, 6) is -0.0252. The highest BCUT2D eigenvalue weighted by Crippen LogP contribution is 2.36. The fourth-order valence-corrected chi connectivity index (χ4v) is 5.10. The van der Waals surface area contributed by atoms with Crippen LogP contribution in [0, 0.1) is 0 Å². The lowest BCUT2D eigenvalue weighted by Gasteiger charge is -2.27. The van der Waals surface area contributed by atoms with Gasteiger partial charge in [0.2, 0.25) is 0 Å². The lowest BCUT2D eigenvalue weighted by molar-refractivity contribution is -0.335. The molecule has 0 aliphatic rings. The predicted molar refractivity (Wildman–Crippen MR) is 202 cm³/mol. The number of hydrogen-bond donors (Lipinski definition) is 0. The highest BCUT2D eigenvalue weighted by atomic mass is 17.2. The summed E-state index contributed by atoms with van der Waals surface area (Å²) in [5.41, 5.74) is 2.96. The van der Waals surface area contributed by atoms with Gasteiger partial charge in [-0.25, -0.2) is 24.2 Å². The molecule has 0 aliphatic heterocycles. The molecule has 0 spiro atoms. The number of ether oxygens (including phenoxy) is 5. The van der Waals surface area contributed by atoms with E-state index in [1.807, 2.05) is 91.0 Å². The Kier molecular flexibility index (Phi) is 14.7. The fraction of sp³-hybridized carbons (Fsp3) is 0.159. The summed E-state index contributed by atoms with van der Waals surface area (Å²) in [5, 5.41) is 0. The molecule has 0 amide bonds. The Morgan fingerprint density at radius 1 is 0.648 bits per heavy atom. The van der Waals surface area contributed by atoms with Crippen LogP contribution in [0.3, 0.4) is 0 Å². The second-order valence-corrected chi connectivity index (χ2v) is 11.6. The number of rotatable bonds is 19. The predicted octanol–water partition coefficient (Wildman–Crippen LogP) is 8.71. The Morgan fingerprint density at radius 2 is 1.22 bits per heavy atom. The summed E-state index contributed by atoms with van der Waals surface area (Å²) in [6, 6.07) is 38.8. The molecule has 0 bridgehead atoms. The van der Waals surface area contributed by atoms with Crippen LogP contribution in [0.25, 0.3) is 6.08 Å². The van der Waals surface area contributed by atoms with Gasteiger partial charge in [0.1, 0.15) is 23.9 Å². The van der Waals surface area contributed by atoms with Gasteiger partial charge in [-0.2, -0.15) is 0 Å². The van der Waals surface area contributed by atoms with Gasteiger partial charge in [0, 0.05) is 12.5 Å². The third-order valence-corrected chi connectivity index (χ3v) is 7.89. The first-order valence-corrected chi connectivity index (χ1v) is 17.2. The molecular formula is C44H40O10. The number of benzene rings is 5. The van der Waals surface area contributed by atoms with Crippen molar-refractivity contribution in [1.29, 1.82) is 0 Å². The number of hydrogen-bond acceptors (Lipinski definition) is 10. The maximum absolute atomic E-state index is 13.6. The van der Waals surface area contributed by atoms with Crippen LogP contribution in [0.5, 0.6) is 17.2 Å². The molecule has 2 atom stereocenters. The van der Waals surface area contributed by atoms with Crippen LogP contribution in [0.1, 0.15) is 56.0 Å². The standard InChI is InChI=1S/C44H40O10/c1-3-40(45)50-30-11-29-49-38-23-17-32(18-24-38)12-10-31-51-54-42(34-15-8-5-9-16-34)41(33-13-6-4-7-14-33)53-44(47)36-21-27-39(28-22-36)52-43(46)35-19-25-37(48-2)26-20-35/h3-10,12-28,41-42H,1,11,29-31H2,2H3/t41-,42-/m0/s1. The van der Waals surface area contributed by atoms with Gasteiger partial charge in [0.25, 0.3) is 0 Å². The minimum Gasteiger partial charge on any atom is -0.497 e. The number of methoxy groups -OCH3 is 1. The van der Waals surface area contributed by atoms with Crippen molar-refractivity contribution in [3.8, 4) is 17.2 Å². The average molecular weight is 729 g/mol. The van der Waals surface area contributed by atoms with Crippen LogP contribution in [0.2, 0.25) is 0 Å². The molecule has 5 aromatic rings. The van der Waals surface area contributed by atoms with Gasteiger partial charge in [-0.3, -0.25) is 0 Å². The molecule has 5 aromatic carbocycles. The molecule has 0 unspecified atom stereocenters. The van der Waals surface area contributed by atoms with Crippen LogP contribution in [-0.2, 0) is 24.0 Å². The van der Waals surface area contributed by atoms with Crippen LogP contribution in [0.15, 0.2) is 152 Å². The van der Waals surface area contributed by atoms with Gasteiger partial charge in [0.05, 0.1) is 31.5 Å². The van der Waals surface area contributed by atoms with Crippen LogP contribution in [0.4, 0.5) is 0 Å². The zero-order valence-corrected chi connectivity index (χ0v) is 29.7. The SMILES string of the molecule is C=CC(=O)OCCCOc1ccc(C=CCOO[C@@H](c2ccccc2)[C@@H](OC(=O)c2ccc(OC(=O)c3ccc(OC)cc3)cc2)c2ccccc2)cc1. The van der Waals surface area contributed by atoms with Crippen LogP contribution in [-0.4, -0.2) is 44.8 Å². The number of carbonyl (C=O) groups excluding carboxylic acids is 3. The van der Waals surface area contributed by atoms with E-state index in [1.165, 1.54) is 24.3 Å². The van der Waals surface area contributed by atoms with Crippen molar-refractivity contribution < 1.29 is 47.8 Å². The molecule has 0 heterocycles. The Hall–Kier alpha value is -6.49. The van der Waals surface area contributed by atoms with E-state index in [2.05, 4.69) is 6.58 Å². The molecule has 0 fully saturated rings. The normalized spacial score (nSPS) is 11.9. The quantitative estimate of drug-likeness (QED) is 0.0204.